The van der Waals surface area contributed by atoms with E-state index in [1.165, 1.54) is 16.6 Å². The van der Waals surface area contributed by atoms with Crippen molar-refractivity contribution >= 4 is 34.7 Å². The second kappa shape index (κ2) is 4.23. The molecule has 0 aromatic heterocycles. The molecule has 3 rings (SSSR count). The Labute approximate surface area is 107 Å². The summed E-state index contributed by atoms with van der Waals surface area (Å²) in [6.07, 6.45) is 0. The number of anilines is 2. The Morgan fingerprint density at radius 3 is 1.82 bits per heavy atom. The van der Waals surface area contributed by atoms with Crippen LogP contribution in [-0.2, 0) is 0 Å². The van der Waals surface area contributed by atoms with Crippen molar-refractivity contribution in [2.24, 2.45) is 0 Å². The summed E-state index contributed by atoms with van der Waals surface area (Å²) >= 11 is -1.06. The van der Waals surface area contributed by atoms with E-state index in [2.05, 4.69) is 67.4 Å². The molecule has 17 heavy (non-hydrogen) atoms. The van der Waals surface area contributed by atoms with E-state index >= 15 is 0 Å². The third kappa shape index (κ3) is 1.61. The van der Waals surface area contributed by atoms with Gasteiger partial charge in [-0.15, -0.1) is 0 Å². The second-order valence-electron chi connectivity index (χ2n) is 4.28. The van der Waals surface area contributed by atoms with Crippen LogP contribution in [0.2, 0.25) is 5.21 Å². The Bertz CT molecular complexity index is 503. The third-order valence-corrected chi connectivity index (χ3v) is 8.74. The quantitative estimate of drug-likeness (QED) is 0.727. The first-order valence-electron chi connectivity index (χ1n) is 6.02. The first kappa shape index (κ1) is 10.9. The summed E-state index contributed by atoms with van der Waals surface area (Å²) in [6.45, 7) is 2.33. The van der Waals surface area contributed by atoms with Crippen molar-refractivity contribution in [3.05, 3.63) is 48.5 Å². The predicted molar refractivity (Wildman–Crippen MR) is 76.5 cm³/mol. The minimum absolute atomic E-state index is 1.06. The number of hydrogen-bond acceptors (Lipinski definition) is 1. The van der Waals surface area contributed by atoms with Gasteiger partial charge in [-0.25, -0.2) is 0 Å². The molecule has 0 radical (unpaired) electrons. The molecular weight excluding hydrogens is 269 g/mol. The van der Waals surface area contributed by atoms with Gasteiger partial charge in [-0.05, 0) is 0 Å². The zero-order valence-electron chi connectivity index (χ0n) is 10.2. The molecule has 86 valence electrons. The van der Waals surface area contributed by atoms with Gasteiger partial charge in [0, 0.05) is 0 Å². The maximum atomic E-state index is 2.34. The van der Waals surface area contributed by atoms with Crippen LogP contribution in [0.3, 0.4) is 0 Å². The third-order valence-electron chi connectivity index (χ3n) is 3.38. The second-order valence-corrected chi connectivity index (χ2v) is 9.43. The predicted octanol–water partition coefficient (Wildman–Crippen LogP) is 2.40. The van der Waals surface area contributed by atoms with Crippen LogP contribution in [0.15, 0.2) is 48.5 Å². The zero-order chi connectivity index (χ0) is 11.8. The van der Waals surface area contributed by atoms with Gasteiger partial charge in [0.15, 0.2) is 0 Å². The van der Waals surface area contributed by atoms with E-state index < -0.39 is 14.7 Å². The standard InChI is InChI=1S/C15H16AsN/c1-3-16-12-8-4-6-10-14(12)17(2)15-11-7-5-9-13(15)16/h4-11H,3H2,1-2H3. The molecule has 1 aliphatic rings. The van der Waals surface area contributed by atoms with Gasteiger partial charge in [-0.3, -0.25) is 0 Å². The van der Waals surface area contributed by atoms with Crippen LogP contribution >= 0.6 is 0 Å². The van der Waals surface area contributed by atoms with Crippen LogP contribution in [0, 0.1) is 0 Å². The molecule has 0 amide bonds. The van der Waals surface area contributed by atoms with Gasteiger partial charge in [0.25, 0.3) is 0 Å². The summed E-state index contributed by atoms with van der Waals surface area (Å²) in [5.74, 6) is 0. The van der Waals surface area contributed by atoms with Crippen LogP contribution < -0.4 is 13.6 Å². The number of benzene rings is 2. The molecule has 2 heteroatoms. The van der Waals surface area contributed by atoms with Gasteiger partial charge in [0.1, 0.15) is 0 Å². The molecule has 2 aromatic rings. The Morgan fingerprint density at radius 1 is 0.882 bits per heavy atom. The molecule has 0 spiro atoms. The monoisotopic (exact) mass is 285 g/mol. The Hall–Kier alpha value is -1.20. The zero-order valence-corrected chi connectivity index (χ0v) is 12.1. The average molecular weight is 285 g/mol. The van der Waals surface area contributed by atoms with Crippen LogP contribution in [0.1, 0.15) is 6.92 Å². The Morgan fingerprint density at radius 2 is 1.35 bits per heavy atom. The normalized spacial score (nSPS) is 14.4. The van der Waals surface area contributed by atoms with Crippen LogP contribution in [0.4, 0.5) is 11.4 Å². The van der Waals surface area contributed by atoms with E-state index in [1.807, 2.05) is 0 Å². The van der Waals surface area contributed by atoms with E-state index in [1.54, 1.807) is 8.70 Å². The molecule has 0 unspecified atom stereocenters. The van der Waals surface area contributed by atoms with Gasteiger partial charge < -0.3 is 0 Å². The van der Waals surface area contributed by atoms with Crippen molar-refractivity contribution in [3.63, 3.8) is 0 Å². The van der Waals surface area contributed by atoms with Gasteiger partial charge >= 0.3 is 107 Å². The Balaban J connectivity index is 2.25. The van der Waals surface area contributed by atoms with E-state index in [4.69, 9.17) is 0 Å². The van der Waals surface area contributed by atoms with Crippen molar-refractivity contribution < 1.29 is 0 Å². The molecule has 0 aliphatic carbocycles. The van der Waals surface area contributed by atoms with Crippen LogP contribution in [0.5, 0.6) is 0 Å². The van der Waals surface area contributed by atoms with Crippen molar-refractivity contribution in [2.45, 2.75) is 12.1 Å². The molecule has 1 aliphatic heterocycles. The average Bonchev–Trinajstić information content (AvgIpc) is 2.40. The van der Waals surface area contributed by atoms with E-state index in [0.717, 1.165) is 0 Å². The SMILES string of the molecule is CC[As]1c2ccccc2N(C)c2ccccc21. The van der Waals surface area contributed by atoms with Gasteiger partial charge in [0.2, 0.25) is 0 Å². The summed E-state index contributed by atoms with van der Waals surface area (Å²) in [5, 5.41) is 1.30. The first-order chi connectivity index (χ1) is 8.33. The number of nitrogens with zero attached hydrogens (tertiary/aromatic N) is 1. The van der Waals surface area contributed by atoms with E-state index in [-0.39, 0.29) is 0 Å². The molecule has 0 bridgehead atoms. The number of para-hydroxylation sites is 2. The topological polar surface area (TPSA) is 3.24 Å². The Kier molecular flexibility index (Phi) is 2.72. The molecule has 0 fully saturated rings. The van der Waals surface area contributed by atoms with Crippen LogP contribution in [-0.4, -0.2) is 21.7 Å². The maximum absolute atomic E-state index is 2.34. The minimum atomic E-state index is -1.06. The molecule has 0 N–H and O–H groups in total. The molecule has 2 aromatic carbocycles. The fourth-order valence-corrected chi connectivity index (χ4v) is 7.75. The van der Waals surface area contributed by atoms with Crippen molar-refractivity contribution in [3.8, 4) is 0 Å². The number of rotatable bonds is 1. The number of fused-ring (bicyclic) bond motifs is 2. The molecule has 0 atom stereocenters. The van der Waals surface area contributed by atoms with Crippen molar-refractivity contribution in [1.29, 1.82) is 0 Å². The molecule has 0 saturated heterocycles. The van der Waals surface area contributed by atoms with Gasteiger partial charge in [-0.1, -0.05) is 0 Å². The molecule has 0 saturated carbocycles. The molecule has 1 heterocycles. The van der Waals surface area contributed by atoms with Crippen LogP contribution in [0.25, 0.3) is 0 Å². The fraction of sp³-hybridized carbons (Fsp3) is 0.200. The first-order valence-corrected chi connectivity index (χ1v) is 9.22. The summed E-state index contributed by atoms with van der Waals surface area (Å²) in [6, 6.07) is 17.8. The molecular formula is C15H16AsN. The molecule has 1 nitrogen and oxygen atoms in total. The van der Waals surface area contributed by atoms with Crippen molar-refractivity contribution in [2.75, 3.05) is 11.9 Å². The van der Waals surface area contributed by atoms with E-state index in [0.29, 0.717) is 0 Å². The fourth-order valence-electron chi connectivity index (χ4n) is 2.55. The van der Waals surface area contributed by atoms with E-state index in [9.17, 15) is 0 Å². The van der Waals surface area contributed by atoms with Crippen molar-refractivity contribution in [1.82, 2.24) is 0 Å². The van der Waals surface area contributed by atoms with Gasteiger partial charge in [0.05, 0.1) is 0 Å². The summed E-state index contributed by atoms with van der Waals surface area (Å²) in [7, 11) is 2.18. The van der Waals surface area contributed by atoms with Gasteiger partial charge in [-0.2, -0.15) is 0 Å². The summed E-state index contributed by atoms with van der Waals surface area (Å²) < 4.78 is 3.20. The number of hydrogen-bond donors (Lipinski definition) is 0. The summed E-state index contributed by atoms with van der Waals surface area (Å²) in [5.41, 5.74) is 2.82. The summed E-state index contributed by atoms with van der Waals surface area (Å²) in [4.78, 5) is 2.34.